The molecule has 1 N–H and O–H groups in total. The fourth-order valence-corrected chi connectivity index (χ4v) is 2.74. The zero-order valence-corrected chi connectivity index (χ0v) is 15.4. The molecule has 2 heterocycles. The maximum Gasteiger partial charge on any atom is 0.271 e. The maximum atomic E-state index is 12.2. The molecule has 1 amide bonds. The second-order valence-corrected chi connectivity index (χ2v) is 6.32. The third-order valence-electron chi connectivity index (χ3n) is 4.07. The number of benzene rings is 1. The third-order valence-corrected chi connectivity index (χ3v) is 4.07. The van der Waals surface area contributed by atoms with Gasteiger partial charge >= 0.3 is 0 Å². The van der Waals surface area contributed by atoms with E-state index in [4.69, 9.17) is 0 Å². The third kappa shape index (κ3) is 4.05. The fourth-order valence-electron chi connectivity index (χ4n) is 2.74. The highest BCUT2D eigenvalue weighted by atomic mass is 16.2. The Morgan fingerprint density at radius 2 is 1.92 bits per heavy atom. The van der Waals surface area contributed by atoms with E-state index in [-0.39, 0.29) is 5.91 Å². The van der Waals surface area contributed by atoms with E-state index in [0.29, 0.717) is 12.1 Å². The van der Waals surface area contributed by atoms with Gasteiger partial charge in [0, 0.05) is 30.1 Å². The lowest BCUT2D eigenvalue weighted by Crippen LogP contribution is -2.17. The van der Waals surface area contributed by atoms with Crippen LogP contribution in [0.5, 0.6) is 0 Å². The highest BCUT2D eigenvalue weighted by Gasteiger charge is 2.06. The molecule has 0 aliphatic heterocycles. The summed E-state index contributed by atoms with van der Waals surface area (Å²) in [5.41, 5.74) is 8.03. The fraction of sp³-hybridized carbons (Fsp3) is 0.263. The van der Waals surface area contributed by atoms with Crippen LogP contribution in [0.15, 0.2) is 41.6 Å². The highest BCUT2D eigenvalue weighted by molar-refractivity contribution is 5.94. The monoisotopic (exact) mass is 350 g/mol. The Balaban J connectivity index is 1.61. The molecule has 0 spiro atoms. The minimum Gasteiger partial charge on any atom is -0.275 e. The Kier molecular flexibility index (Phi) is 4.97. The molecule has 0 fully saturated rings. The highest BCUT2D eigenvalue weighted by Crippen LogP contribution is 2.09. The molecule has 0 aliphatic carbocycles. The molecule has 2 aromatic heterocycles. The quantitative estimate of drug-likeness (QED) is 0.567. The number of hydrazone groups is 1. The van der Waals surface area contributed by atoms with Crippen LogP contribution >= 0.6 is 0 Å². The number of nitrogens with zero attached hydrogens (tertiary/aromatic N) is 5. The topological polar surface area (TPSA) is 77.1 Å². The van der Waals surface area contributed by atoms with Crippen molar-refractivity contribution in [2.24, 2.45) is 12.1 Å². The second kappa shape index (κ2) is 7.35. The number of carbonyl (C=O) groups is 1. The molecule has 7 heteroatoms. The number of hydrogen-bond donors (Lipinski definition) is 1. The van der Waals surface area contributed by atoms with Crippen LogP contribution in [0.1, 0.15) is 38.6 Å². The molecule has 7 nitrogen and oxygen atoms in total. The summed E-state index contributed by atoms with van der Waals surface area (Å²) in [6, 6.07) is 9.49. The van der Waals surface area contributed by atoms with Crippen molar-refractivity contribution in [3.8, 4) is 0 Å². The summed E-state index contributed by atoms with van der Waals surface area (Å²) in [5.74, 6) is -0.250. The summed E-state index contributed by atoms with van der Waals surface area (Å²) in [6.45, 7) is 6.58. The zero-order valence-electron chi connectivity index (χ0n) is 15.4. The first kappa shape index (κ1) is 17.6. The van der Waals surface area contributed by atoms with Gasteiger partial charge in [0.1, 0.15) is 0 Å². The number of nitrogens with one attached hydrogen (secondary N) is 1. The minimum absolute atomic E-state index is 0.250. The lowest BCUT2D eigenvalue weighted by atomic mass is 10.1. The first-order chi connectivity index (χ1) is 12.4. The smallest absolute Gasteiger partial charge is 0.271 e. The van der Waals surface area contributed by atoms with Gasteiger partial charge in [-0.1, -0.05) is 12.1 Å². The van der Waals surface area contributed by atoms with Crippen molar-refractivity contribution in [3.63, 3.8) is 0 Å². The Labute approximate surface area is 152 Å². The van der Waals surface area contributed by atoms with Gasteiger partial charge in [0.25, 0.3) is 5.91 Å². The number of aromatic nitrogens is 4. The van der Waals surface area contributed by atoms with Crippen LogP contribution in [0, 0.1) is 20.8 Å². The van der Waals surface area contributed by atoms with Gasteiger partial charge in [-0.05, 0) is 44.5 Å². The van der Waals surface area contributed by atoms with E-state index in [1.54, 1.807) is 23.0 Å². The largest absolute Gasteiger partial charge is 0.275 e. The van der Waals surface area contributed by atoms with Crippen LogP contribution in [0.25, 0.3) is 0 Å². The zero-order chi connectivity index (χ0) is 18.7. The van der Waals surface area contributed by atoms with E-state index in [0.717, 1.165) is 28.2 Å². The van der Waals surface area contributed by atoms with Crippen molar-refractivity contribution in [1.29, 1.82) is 0 Å². The van der Waals surface area contributed by atoms with E-state index in [2.05, 4.69) is 20.7 Å². The lowest BCUT2D eigenvalue weighted by Gasteiger charge is -2.06. The normalized spacial score (nSPS) is 11.2. The average Bonchev–Trinajstić information content (AvgIpc) is 3.08. The predicted octanol–water partition coefficient (Wildman–Crippen LogP) is 2.35. The van der Waals surface area contributed by atoms with Crippen molar-refractivity contribution in [2.75, 3.05) is 0 Å². The SMILES string of the molecule is Cc1cc(C)n(Cc2ccc(C(=O)N/N=C\c3cn(C)nc3C)cc2)n1. The van der Waals surface area contributed by atoms with Gasteiger partial charge < -0.3 is 0 Å². The van der Waals surface area contributed by atoms with E-state index in [1.807, 2.05) is 56.9 Å². The number of rotatable bonds is 5. The minimum atomic E-state index is -0.250. The molecule has 0 bridgehead atoms. The standard InChI is InChI=1S/C19H22N6O/c1-13-9-14(2)25(22-13)11-16-5-7-17(8-6-16)19(26)21-20-10-18-12-24(4)23-15(18)3/h5-10,12H,11H2,1-4H3,(H,21,26)/b20-10-. The van der Waals surface area contributed by atoms with Crippen LogP contribution in [-0.2, 0) is 13.6 Å². The van der Waals surface area contributed by atoms with Crippen LogP contribution < -0.4 is 5.43 Å². The molecule has 0 aliphatic rings. The van der Waals surface area contributed by atoms with Gasteiger partial charge in [-0.25, -0.2) is 5.43 Å². The molecule has 26 heavy (non-hydrogen) atoms. The Morgan fingerprint density at radius 1 is 1.19 bits per heavy atom. The van der Waals surface area contributed by atoms with Crippen LogP contribution in [0.2, 0.25) is 0 Å². The van der Waals surface area contributed by atoms with E-state index in [9.17, 15) is 4.79 Å². The number of hydrogen-bond acceptors (Lipinski definition) is 4. The first-order valence-electron chi connectivity index (χ1n) is 8.36. The summed E-state index contributed by atoms with van der Waals surface area (Å²) in [6.07, 6.45) is 3.44. The molecular weight excluding hydrogens is 328 g/mol. The second-order valence-electron chi connectivity index (χ2n) is 6.32. The van der Waals surface area contributed by atoms with Crippen LogP contribution in [0.3, 0.4) is 0 Å². The summed E-state index contributed by atoms with van der Waals surface area (Å²) in [4.78, 5) is 12.2. The Hall–Kier alpha value is -3.22. The van der Waals surface area contributed by atoms with E-state index < -0.39 is 0 Å². The van der Waals surface area contributed by atoms with Gasteiger partial charge in [-0.15, -0.1) is 0 Å². The van der Waals surface area contributed by atoms with Crippen molar-refractivity contribution in [3.05, 3.63) is 70.3 Å². The van der Waals surface area contributed by atoms with Crippen LogP contribution in [-0.4, -0.2) is 31.7 Å². The van der Waals surface area contributed by atoms with Gasteiger partial charge in [0.05, 0.1) is 24.1 Å². The van der Waals surface area contributed by atoms with Gasteiger partial charge in [0.2, 0.25) is 0 Å². The summed E-state index contributed by atoms with van der Waals surface area (Å²) in [5, 5.41) is 12.7. The van der Waals surface area contributed by atoms with Crippen molar-refractivity contribution in [2.45, 2.75) is 27.3 Å². The van der Waals surface area contributed by atoms with Crippen molar-refractivity contribution >= 4 is 12.1 Å². The molecular formula is C19H22N6O. The lowest BCUT2D eigenvalue weighted by molar-refractivity contribution is 0.0955. The molecule has 0 atom stereocenters. The molecule has 134 valence electrons. The molecule has 3 rings (SSSR count). The molecule has 0 unspecified atom stereocenters. The van der Waals surface area contributed by atoms with Gasteiger partial charge in [0.15, 0.2) is 0 Å². The van der Waals surface area contributed by atoms with Gasteiger partial charge in [-0.2, -0.15) is 15.3 Å². The number of aryl methyl sites for hydroxylation is 4. The molecule has 0 saturated heterocycles. The summed E-state index contributed by atoms with van der Waals surface area (Å²) in [7, 11) is 1.84. The van der Waals surface area contributed by atoms with Crippen molar-refractivity contribution in [1.82, 2.24) is 25.0 Å². The molecule has 0 radical (unpaired) electrons. The van der Waals surface area contributed by atoms with Crippen molar-refractivity contribution < 1.29 is 4.79 Å². The molecule has 3 aromatic rings. The molecule has 0 saturated carbocycles. The van der Waals surface area contributed by atoms with Crippen LogP contribution in [0.4, 0.5) is 0 Å². The Morgan fingerprint density at radius 3 is 2.50 bits per heavy atom. The van der Waals surface area contributed by atoms with E-state index >= 15 is 0 Å². The number of carbonyl (C=O) groups excluding carboxylic acids is 1. The summed E-state index contributed by atoms with van der Waals surface area (Å²) >= 11 is 0. The maximum absolute atomic E-state index is 12.2. The molecule has 1 aromatic carbocycles. The van der Waals surface area contributed by atoms with E-state index in [1.165, 1.54) is 0 Å². The number of amides is 1. The van der Waals surface area contributed by atoms with Gasteiger partial charge in [-0.3, -0.25) is 14.2 Å². The average molecular weight is 350 g/mol. The predicted molar refractivity (Wildman–Crippen MR) is 100 cm³/mol. The first-order valence-corrected chi connectivity index (χ1v) is 8.36. The summed E-state index contributed by atoms with van der Waals surface area (Å²) < 4.78 is 3.66. The Bertz CT molecular complexity index is 949.